The highest BCUT2D eigenvalue weighted by Crippen LogP contribution is 2.65. The van der Waals surface area contributed by atoms with Crippen molar-refractivity contribution < 1.29 is 18.9 Å². The molecule has 11 heteroatoms. The Kier molecular flexibility index (Phi) is 6.49. The fourth-order valence-electron chi connectivity index (χ4n) is 3.60. The predicted octanol–water partition coefficient (Wildman–Crippen LogP) is 6.17. The Bertz CT molecular complexity index is 1280. The molecule has 1 fully saturated rings. The van der Waals surface area contributed by atoms with Gasteiger partial charge in [-0.3, -0.25) is 19.7 Å². The number of carbonyl (C=O) groups is 2. The number of non-ortho nitro benzene ring substituents is 1. The van der Waals surface area contributed by atoms with Crippen molar-refractivity contribution in [2.45, 2.75) is 10.3 Å². The molecule has 7 nitrogen and oxygen atoms in total. The summed E-state index contributed by atoms with van der Waals surface area (Å²) in [5, 5.41) is 16.3. The number of anilines is 2. The summed E-state index contributed by atoms with van der Waals surface area (Å²) in [6.07, 6.45) is 0. The first kappa shape index (κ1) is 23.9. The Balaban J connectivity index is 1.48. The number of nitrogens with zero attached hydrogens (tertiary/aromatic N) is 1. The summed E-state index contributed by atoms with van der Waals surface area (Å²) >= 11 is 18.8. The SMILES string of the molecule is O=C(Nc1ccc(F)cc1)c1cc(NC(=O)[C@H]2[C@H](c3ccc([N+](=O)[O-])cc3)C2(Cl)Cl)ccc1Cl. The van der Waals surface area contributed by atoms with E-state index in [1.165, 1.54) is 66.7 Å². The van der Waals surface area contributed by atoms with Crippen molar-refractivity contribution in [3.8, 4) is 0 Å². The average Bonchev–Trinajstić information content (AvgIpc) is 3.38. The standard InChI is InChI=1S/C23H15Cl3FN3O4/c24-18-10-7-15(11-17(18)21(31)28-14-5-3-13(27)4-6-14)29-22(32)20-19(23(20,25)26)12-1-8-16(9-2-12)30(33)34/h1-11,19-20H,(H,28,31)(H,29,32)/t19-,20+/m0/s1. The Morgan fingerprint density at radius 2 is 1.56 bits per heavy atom. The fraction of sp³-hybridized carbons (Fsp3) is 0.130. The lowest BCUT2D eigenvalue weighted by atomic mass is 10.1. The van der Waals surface area contributed by atoms with Gasteiger partial charge in [-0.25, -0.2) is 4.39 Å². The number of nitro groups is 1. The van der Waals surface area contributed by atoms with E-state index in [0.717, 1.165) is 0 Å². The van der Waals surface area contributed by atoms with Crippen molar-refractivity contribution in [3.05, 3.63) is 98.8 Å². The monoisotopic (exact) mass is 521 g/mol. The molecule has 0 heterocycles. The number of carbonyl (C=O) groups excluding carboxylic acids is 2. The van der Waals surface area contributed by atoms with Gasteiger partial charge in [0.1, 0.15) is 10.2 Å². The summed E-state index contributed by atoms with van der Waals surface area (Å²) in [6.45, 7) is 0. The molecule has 174 valence electrons. The van der Waals surface area contributed by atoms with Crippen molar-refractivity contribution in [2.75, 3.05) is 10.6 Å². The van der Waals surface area contributed by atoms with Crippen LogP contribution in [0.3, 0.4) is 0 Å². The maximum atomic E-state index is 13.1. The van der Waals surface area contributed by atoms with E-state index in [0.29, 0.717) is 11.3 Å². The number of hydrogen-bond donors (Lipinski definition) is 2. The maximum absolute atomic E-state index is 13.1. The summed E-state index contributed by atoms with van der Waals surface area (Å²) in [4.78, 5) is 35.8. The number of amides is 2. The molecular weight excluding hydrogens is 508 g/mol. The number of hydrogen-bond acceptors (Lipinski definition) is 4. The van der Waals surface area contributed by atoms with Gasteiger partial charge in [-0.1, -0.05) is 23.7 Å². The van der Waals surface area contributed by atoms with E-state index in [-0.39, 0.29) is 22.0 Å². The molecule has 2 amide bonds. The Labute approximate surface area is 208 Å². The predicted molar refractivity (Wildman–Crippen MR) is 128 cm³/mol. The topological polar surface area (TPSA) is 101 Å². The Morgan fingerprint density at radius 1 is 0.941 bits per heavy atom. The second kappa shape index (κ2) is 9.21. The van der Waals surface area contributed by atoms with Gasteiger partial charge in [0.2, 0.25) is 5.91 Å². The van der Waals surface area contributed by atoms with Gasteiger partial charge in [0.05, 0.1) is 21.4 Å². The Hall–Kier alpha value is -3.20. The van der Waals surface area contributed by atoms with E-state index in [1.54, 1.807) is 0 Å². The lowest BCUT2D eigenvalue weighted by Crippen LogP contribution is -2.18. The Morgan fingerprint density at radius 3 is 2.18 bits per heavy atom. The van der Waals surface area contributed by atoms with Crippen LogP contribution in [0.25, 0.3) is 0 Å². The van der Waals surface area contributed by atoms with Crippen molar-refractivity contribution in [1.82, 2.24) is 0 Å². The molecule has 1 aliphatic rings. The zero-order valence-electron chi connectivity index (χ0n) is 17.1. The van der Waals surface area contributed by atoms with E-state index in [9.17, 15) is 24.1 Å². The largest absolute Gasteiger partial charge is 0.326 e. The van der Waals surface area contributed by atoms with Gasteiger partial charge in [-0.2, -0.15) is 0 Å². The van der Waals surface area contributed by atoms with Crippen molar-refractivity contribution in [2.24, 2.45) is 5.92 Å². The molecule has 4 rings (SSSR count). The minimum absolute atomic E-state index is 0.0900. The molecule has 34 heavy (non-hydrogen) atoms. The third-order valence-electron chi connectivity index (χ3n) is 5.38. The number of alkyl halides is 2. The molecule has 0 bridgehead atoms. The van der Waals surface area contributed by atoms with Gasteiger partial charge in [0.25, 0.3) is 11.6 Å². The molecule has 1 aliphatic carbocycles. The minimum atomic E-state index is -1.39. The number of nitrogens with one attached hydrogen (secondary N) is 2. The number of benzene rings is 3. The smallest absolute Gasteiger partial charge is 0.269 e. The molecule has 0 radical (unpaired) electrons. The summed E-state index contributed by atoms with van der Waals surface area (Å²) in [6, 6.07) is 15.2. The number of nitro benzene ring substituents is 1. The molecule has 1 saturated carbocycles. The third-order valence-corrected chi connectivity index (χ3v) is 6.65. The van der Waals surface area contributed by atoms with Crippen LogP contribution < -0.4 is 10.6 Å². The summed E-state index contributed by atoms with van der Waals surface area (Å²) in [5.41, 5.74) is 1.25. The van der Waals surface area contributed by atoms with Crippen LogP contribution in [-0.4, -0.2) is 21.1 Å². The molecule has 3 aromatic carbocycles. The van der Waals surface area contributed by atoms with Crippen LogP contribution in [0, 0.1) is 21.8 Å². The molecular formula is C23H15Cl3FN3O4. The summed E-state index contributed by atoms with van der Waals surface area (Å²) in [7, 11) is 0. The first-order chi connectivity index (χ1) is 16.1. The zero-order valence-corrected chi connectivity index (χ0v) is 19.4. The summed E-state index contributed by atoms with van der Waals surface area (Å²) < 4.78 is 11.7. The molecule has 0 unspecified atom stereocenters. The quantitative estimate of drug-likeness (QED) is 0.230. The van der Waals surface area contributed by atoms with Crippen LogP contribution in [0.15, 0.2) is 66.7 Å². The highest BCUT2D eigenvalue weighted by Gasteiger charge is 2.67. The van der Waals surface area contributed by atoms with E-state index >= 15 is 0 Å². The van der Waals surface area contributed by atoms with Crippen molar-refractivity contribution in [3.63, 3.8) is 0 Å². The van der Waals surface area contributed by atoms with E-state index in [4.69, 9.17) is 34.8 Å². The van der Waals surface area contributed by atoms with Crippen LogP contribution in [0.5, 0.6) is 0 Å². The van der Waals surface area contributed by atoms with Gasteiger partial charge >= 0.3 is 0 Å². The molecule has 2 N–H and O–H groups in total. The molecule has 0 aromatic heterocycles. The second-order valence-electron chi connectivity index (χ2n) is 7.62. The third kappa shape index (κ3) is 4.84. The second-order valence-corrected chi connectivity index (χ2v) is 9.47. The average molecular weight is 523 g/mol. The minimum Gasteiger partial charge on any atom is -0.326 e. The molecule has 0 saturated heterocycles. The van der Waals surface area contributed by atoms with Gasteiger partial charge in [0, 0.05) is 29.4 Å². The summed E-state index contributed by atoms with van der Waals surface area (Å²) in [5.74, 6) is -2.86. The van der Waals surface area contributed by atoms with E-state index in [2.05, 4.69) is 10.6 Å². The molecule has 0 aliphatic heterocycles. The van der Waals surface area contributed by atoms with Crippen LogP contribution >= 0.6 is 34.8 Å². The normalized spacial score (nSPS) is 18.1. The van der Waals surface area contributed by atoms with Gasteiger partial charge in [0.15, 0.2) is 0 Å². The first-order valence-electron chi connectivity index (χ1n) is 9.87. The fourth-order valence-corrected chi connectivity index (χ4v) is 4.63. The van der Waals surface area contributed by atoms with Gasteiger partial charge in [-0.15, -0.1) is 23.2 Å². The number of halogens is 4. The highest BCUT2D eigenvalue weighted by atomic mass is 35.5. The molecule has 3 aromatic rings. The van der Waals surface area contributed by atoms with E-state index < -0.39 is 38.7 Å². The van der Waals surface area contributed by atoms with Crippen LogP contribution in [0.1, 0.15) is 21.8 Å². The van der Waals surface area contributed by atoms with E-state index in [1.807, 2.05) is 0 Å². The molecule has 2 atom stereocenters. The van der Waals surface area contributed by atoms with Crippen molar-refractivity contribution >= 4 is 63.7 Å². The van der Waals surface area contributed by atoms with Crippen LogP contribution in [0.2, 0.25) is 5.02 Å². The maximum Gasteiger partial charge on any atom is 0.269 e. The van der Waals surface area contributed by atoms with Crippen LogP contribution in [0.4, 0.5) is 21.5 Å². The molecule has 0 spiro atoms. The highest BCUT2D eigenvalue weighted by molar-refractivity contribution is 6.53. The zero-order chi connectivity index (χ0) is 24.6. The van der Waals surface area contributed by atoms with Gasteiger partial charge < -0.3 is 10.6 Å². The lowest BCUT2D eigenvalue weighted by molar-refractivity contribution is -0.384. The van der Waals surface area contributed by atoms with Crippen molar-refractivity contribution in [1.29, 1.82) is 0 Å². The number of rotatable bonds is 6. The lowest BCUT2D eigenvalue weighted by Gasteiger charge is -2.10. The van der Waals surface area contributed by atoms with Crippen LogP contribution in [-0.2, 0) is 4.79 Å². The van der Waals surface area contributed by atoms with Gasteiger partial charge in [-0.05, 0) is 48.0 Å². The first-order valence-corrected chi connectivity index (χ1v) is 11.0.